The van der Waals surface area contributed by atoms with Gasteiger partial charge in [-0.1, -0.05) is 35.9 Å². The fraction of sp³-hybridized carbons (Fsp3) is 0.136. The Labute approximate surface area is 168 Å². The molecule has 3 aromatic carbocycles. The van der Waals surface area contributed by atoms with Crippen LogP contribution in [0.15, 0.2) is 65.6 Å². The van der Waals surface area contributed by atoms with Crippen LogP contribution in [-0.4, -0.2) is 30.1 Å². The van der Waals surface area contributed by atoms with Crippen molar-refractivity contribution in [3.05, 3.63) is 71.8 Å². The lowest BCUT2D eigenvalue weighted by Gasteiger charge is -2.10. The summed E-state index contributed by atoms with van der Waals surface area (Å²) in [5.74, 6) is -0.958. The maximum Gasteiger partial charge on any atom is 0.341 e. The highest BCUT2D eigenvalue weighted by Gasteiger charge is 2.26. The van der Waals surface area contributed by atoms with Crippen molar-refractivity contribution < 1.29 is 23.1 Å². The van der Waals surface area contributed by atoms with Gasteiger partial charge in [-0.2, -0.15) is 0 Å². The van der Waals surface area contributed by atoms with E-state index in [4.69, 9.17) is 4.74 Å². The number of para-hydroxylation sites is 1. The molecule has 0 spiro atoms. The number of aromatic hydroxyl groups is 1. The van der Waals surface area contributed by atoms with Gasteiger partial charge in [-0.15, -0.1) is 0 Å². The van der Waals surface area contributed by atoms with E-state index in [-0.39, 0.29) is 28.3 Å². The van der Waals surface area contributed by atoms with Crippen LogP contribution in [0.3, 0.4) is 0 Å². The van der Waals surface area contributed by atoms with E-state index in [1.807, 2.05) is 6.92 Å². The first-order chi connectivity index (χ1) is 13.9. The van der Waals surface area contributed by atoms with Crippen molar-refractivity contribution in [3.8, 4) is 5.75 Å². The topological polar surface area (TPSA) is 85.6 Å². The number of hydrogen-bond acceptors (Lipinski definition) is 5. The van der Waals surface area contributed by atoms with Gasteiger partial charge >= 0.3 is 5.97 Å². The number of aryl methyl sites for hydroxylation is 1. The third-order valence-electron chi connectivity index (χ3n) is 4.82. The molecule has 4 rings (SSSR count). The molecule has 0 amide bonds. The molecule has 148 valence electrons. The summed E-state index contributed by atoms with van der Waals surface area (Å²) in [6.07, 6.45) is 0. The molecule has 1 aromatic heterocycles. The number of esters is 1. The lowest BCUT2D eigenvalue weighted by Crippen LogP contribution is -2.13. The summed E-state index contributed by atoms with van der Waals surface area (Å²) in [7, 11) is -3.94. The van der Waals surface area contributed by atoms with Gasteiger partial charge in [0.2, 0.25) is 0 Å². The summed E-state index contributed by atoms with van der Waals surface area (Å²) in [6.45, 7) is 3.72. The van der Waals surface area contributed by atoms with Crippen molar-refractivity contribution in [1.29, 1.82) is 0 Å². The molecule has 0 unspecified atom stereocenters. The number of benzene rings is 3. The number of aromatic nitrogens is 1. The van der Waals surface area contributed by atoms with E-state index >= 15 is 0 Å². The summed E-state index contributed by atoms with van der Waals surface area (Å²) in [5, 5.41) is 11.6. The number of fused-ring (bicyclic) bond motifs is 3. The van der Waals surface area contributed by atoms with Crippen LogP contribution >= 0.6 is 0 Å². The number of carbonyl (C=O) groups is 1. The number of phenols is 1. The Morgan fingerprint density at radius 3 is 2.38 bits per heavy atom. The van der Waals surface area contributed by atoms with Gasteiger partial charge in [0.05, 0.1) is 27.9 Å². The Bertz CT molecular complexity index is 1350. The molecule has 0 aliphatic rings. The smallest absolute Gasteiger partial charge is 0.341 e. The minimum Gasteiger partial charge on any atom is -0.506 e. The van der Waals surface area contributed by atoms with Crippen molar-refractivity contribution in [2.75, 3.05) is 6.61 Å². The molecule has 29 heavy (non-hydrogen) atoms. The normalized spacial score (nSPS) is 11.8. The largest absolute Gasteiger partial charge is 0.506 e. The highest BCUT2D eigenvalue weighted by atomic mass is 32.2. The molecule has 0 saturated carbocycles. The second kappa shape index (κ2) is 6.93. The van der Waals surface area contributed by atoms with E-state index in [1.54, 1.807) is 55.5 Å². The van der Waals surface area contributed by atoms with Crippen molar-refractivity contribution >= 4 is 37.8 Å². The van der Waals surface area contributed by atoms with Crippen LogP contribution in [0.2, 0.25) is 0 Å². The predicted molar refractivity (Wildman–Crippen MR) is 111 cm³/mol. The van der Waals surface area contributed by atoms with Crippen molar-refractivity contribution in [3.63, 3.8) is 0 Å². The fourth-order valence-electron chi connectivity index (χ4n) is 3.46. The first-order valence-corrected chi connectivity index (χ1v) is 10.5. The molecule has 0 atom stereocenters. The number of carbonyl (C=O) groups excluding carboxylic acids is 1. The summed E-state index contributed by atoms with van der Waals surface area (Å²) in [4.78, 5) is 12.3. The van der Waals surface area contributed by atoms with Gasteiger partial charge in [-0.05, 0) is 44.2 Å². The fourth-order valence-corrected chi connectivity index (χ4v) is 4.98. The van der Waals surface area contributed by atoms with E-state index in [1.165, 1.54) is 16.1 Å². The first kappa shape index (κ1) is 19.0. The Hall–Kier alpha value is -3.32. The van der Waals surface area contributed by atoms with E-state index in [9.17, 15) is 18.3 Å². The summed E-state index contributed by atoms with van der Waals surface area (Å²) >= 11 is 0. The number of hydrogen-bond donors (Lipinski definition) is 1. The minimum atomic E-state index is -3.94. The first-order valence-electron chi connectivity index (χ1n) is 9.10. The molecule has 0 bridgehead atoms. The predicted octanol–water partition coefficient (Wildman–Crippen LogP) is 4.22. The number of phenolic OH excluding ortho intramolecular Hbond substituents is 1. The maximum atomic E-state index is 13.5. The molecule has 0 radical (unpaired) electrons. The Morgan fingerprint density at radius 2 is 1.69 bits per heavy atom. The third-order valence-corrected chi connectivity index (χ3v) is 6.56. The van der Waals surface area contributed by atoms with E-state index in [0.29, 0.717) is 16.3 Å². The van der Waals surface area contributed by atoms with Gasteiger partial charge in [0, 0.05) is 5.39 Å². The second-order valence-corrected chi connectivity index (χ2v) is 8.46. The van der Waals surface area contributed by atoms with Crippen LogP contribution in [0.1, 0.15) is 22.8 Å². The lowest BCUT2D eigenvalue weighted by atomic mass is 10.1. The highest BCUT2D eigenvalue weighted by Crippen LogP contribution is 2.39. The van der Waals surface area contributed by atoms with Gasteiger partial charge in [0.15, 0.2) is 0 Å². The lowest BCUT2D eigenvalue weighted by molar-refractivity contribution is 0.0523. The molecule has 0 saturated heterocycles. The standard InChI is InChI=1S/C22H19NO5S/c1-3-28-22(25)17-12-13-19-20(21(17)24)16-6-4-5-7-18(16)23(19)29(26,27)15-10-8-14(2)9-11-15/h4-13,24H,3H2,1-2H3. The zero-order valence-corrected chi connectivity index (χ0v) is 16.7. The van der Waals surface area contributed by atoms with E-state index in [2.05, 4.69) is 0 Å². The molecular formula is C22H19NO5S. The van der Waals surface area contributed by atoms with E-state index < -0.39 is 16.0 Å². The maximum absolute atomic E-state index is 13.5. The SMILES string of the molecule is CCOC(=O)c1ccc2c(c1O)c1ccccc1n2S(=O)(=O)c1ccc(C)cc1. The van der Waals surface area contributed by atoms with Crippen LogP contribution in [0.5, 0.6) is 5.75 Å². The van der Waals surface area contributed by atoms with Crippen LogP contribution in [0, 0.1) is 6.92 Å². The van der Waals surface area contributed by atoms with Gasteiger partial charge < -0.3 is 9.84 Å². The van der Waals surface area contributed by atoms with Crippen molar-refractivity contribution in [2.24, 2.45) is 0 Å². The molecule has 0 fully saturated rings. The Balaban J connectivity index is 2.08. The molecule has 4 aromatic rings. The van der Waals surface area contributed by atoms with Crippen LogP contribution in [0.4, 0.5) is 0 Å². The molecule has 6 nitrogen and oxygen atoms in total. The second-order valence-electron chi connectivity index (χ2n) is 6.68. The van der Waals surface area contributed by atoms with Gasteiger partial charge in [-0.25, -0.2) is 17.2 Å². The molecule has 1 N–H and O–H groups in total. The van der Waals surface area contributed by atoms with Gasteiger partial charge in [0.1, 0.15) is 11.3 Å². The molecule has 1 heterocycles. The Kier molecular flexibility index (Phi) is 4.55. The quantitative estimate of drug-likeness (QED) is 0.510. The van der Waals surface area contributed by atoms with Crippen molar-refractivity contribution in [1.82, 2.24) is 3.97 Å². The summed E-state index contributed by atoms with van der Waals surface area (Å²) in [6, 6.07) is 16.3. The van der Waals surface area contributed by atoms with Crippen LogP contribution in [0.25, 0.3) is 21.8 Å². The summed E-state index contributed by atoms with van der Waals surface area (Å²) in [5.41, 5.74) is 1.65. The van der Waals surface area contributed by atoms with E-state index in [0.717, 1.165) is 5.56 Å². The molecule has 7 heteroatoms. The molecule has 0 aliphatic heterocycles. The Morgan fingerprint density at radius 1 is 1.00 bits per heavy atom. The minimum absolute atomic E-state index is 0.00464. The van der Waals surface area contributed by atoms with Crippen molar-refractivity contribution in [2.45, 2.75) is 18.7 Å². The number of nitrogens with zero attached hydrogens (tertiary/aromatic N) is 1. The highest BCUT2D eigenvalue weighted by molar-refractivity contribution is 7.90. The monoisotopic (exact) mass is 409 g/mol. The summed E-state index contributed by atoms with van der Waals surface area (Å²) < 4.78 is 33.1. The average molecular weight is 409 g/mol. The van der Waals surface area contributed by atoms with Crippen LogP contribution in [-0.2, 0) is 14.8 Å². The zero-order chi connectivity index (χ0) is 20.8. The molecule has 0 aliphatic carbocycles. The number of ether oxygens (including phenoxy) is 1. The van der Waals surface area contributed by atoms with Gasteiger partial charge in [0.25, 0.3) is 10.0 Å². The average Bonchev–Trinajstić information content (AvgIpc) is 3.04. The zero-order valence-electron chi connectivity index (χ0n) is 15.9. The molecular weight excluding hydrogens is 390 g/mol. The third kappa shape index (κ3) is 2.94. The van der Waals surface area contributed by atoms with Gasteiger partial charge in [-0.3, -0.25) is 0 Å². The number of rotatable bonds is 4. The van der Waals surface area contributed by atoms with Crippen LogP contribution < -0.4 is 0 Å².